The van der Waals surface area contributed by atoms with Gasteiger partial charge in [-0.15, -0.1) is 0 Å². The Hall–Kier alpha value is -3.75. The van der Waals surface area contributed by atoms with Crippen LogP contribution in [-0.4, -0.2) is 57.6 Å². The first-order valence-corrected chi connectivity index (χ1v) is 14.9. The molecule has 5 heterocycles. The normalized spacial score (nSPS) is 20.6. The molecular formula is C33H40N6O2. The van der Waals surface area contributed by atoms with E-state index in [4.69, 9.17) is 24.9 Å². The summed E-state index contributed by atoms with van der Waals surface area (Å²) in [5.74, 6) is 2.20. The Morgan fingerprint density at radius 1 is 1.17 bits per heavy atom. The van der Waals surface area contributed by atoms with Crippen molar-refractivity contribution in [2.75, 3.05) is 26.3 Å². The molecule has 214 valence electrons. The van der Waals surface area contributed by atoms with E-state index in [0.717, 1.165) is 80.4 Å². The second-order valence-electron chi connectivity index (χ2n) is 11.3. The summed E-state index contributed by atoms with van der Waals surface area (Å²) in [4.78, 5) is 12.5. The third-order valence-corrected chi connectivity index (χ3v) is 8.33. The minimum Gasteiger partial charge on any atom is -0.473 e. The maximum atomic E-state index is 8.03. The number of nitrogens with one attached hydrogen (secondary N) is 2. The number of imidazole rings is 1. The van der Waals surface area contributed by atoms with Crippen LogP contribution in [0.1, 0.15) is 55.6 Å². The zero-order valence-corrected chi connectivity index (χ0v) is 24.1. The van der Waals surface area contributed by atoms with E-state index in [1.54, 1.807) is 0 Å². The van der Waals surface area contributed by atoms with Gasteiger partial charge in [-0.05, 0) is 81.6 Å². The van der Waals surface area contributed by atoms with Gasteiger partial charge in [0.2, 0.25) is 5.88 Å². The van der Waals surface area contributed by atoms with Crippen molar-refractivity contribution in [3.8, 4) is 5.88 Å². The van der Waals surface area contributed by atoms with E-state index in [9.17, 15) is 0 Å². The van der Waals surface area contributed by atoms with Gasteiger partial charge in [0.15, 0.2) is 0 Å². The minimum absolute atomic E-state index is 0.299. The molecule has 2 aromatic heterocycles. The van der Waals surface area contributed by atoms with Gasteiger partial charge in [-0.1, -0.05) is 25.1 Å². The Bertz CT molecular complexity index is 1490. The highest BCUT2D eigenvalue weighted by atomic mass is 16.5. The molecule has 1 unspecified atom stereocenters. The Morgan fingerprint density at radius 3 is 2.80 bits per heavy atom. The Labute approximate surface area is 242 Å². The number of pyridine rings is 1. The van der Waals surface area contributed by atoms with Crippen LogP contribution >= 0.6 is 0 Å². The summed E-state index contributed by atoms with van der Waals surface area (Å²) < 4.78 is 14.3. The molecule has 0 amide bonds. The predicted octanol–water partition coefficient (Wildman–Crippen LogP) is 5.64. The first-order chi connectivity index (χ1) is 20.1. The standard InChI is InChI=1S/C33H40N6O2/c1-3-26(34)19-30-25(6-5-14-35-30)22-41-33-8-4-7-28(37-33)24-11-15-38(16-12-24)21-32-36-29-10-9-23(2)18-31(29)39(32)20-27-13-17-40-27/h4-10,14,18-19,24,27,34-35H,3,11-13,15-17,20-22H2,1-2H3/b30-19-,34-26?. The molecule has 3 aliphatic rings. The van der Waals surface area contributed by atoms with Gasteiger partial charge < -0.3 is 24.8 Å². The maximum absolute atomic E-state index is 8.03. The molecule has 8 heteroatoms. The third kappa shape index (κ3) is 6.44. The summed E-state index contributed by atoms with van der Waals surface area (Å²) in [6.07, 6.45) is 12.0. The lowest BCUT2D eigenvalue weighted by molar-refractivity contribution is -0.0592. The lowest BCUT2D eigenvalue weighted by atomic mass is 9.93. The van der Waals surface area contributed by atoms with E-state index in [1.165, 1.54) is 11.1 Å². The van der Waals surface area contributed by atoms with Gasteiger partial charge in [-0.3, -0.25) is 4.90 Å². The van der Waals surface area contributed by atoms with Crippen LogP contribution in [0.4, 0.5) is 0 Å². The van der Waals surface area contributed by atoms with Gasteiger partial charge in [-0.2, -0.15) is 0 Å². The van der Waals surface area contributed by atoms with Crippen molar-refractivity contribution in [3.05, 3.63) is 89.2 Å². The second-order valence-corrected chi connectivity index (χ2v) is 11.3. The van der Waals surface area contributed by atoms with Crippen LogP contribution < -0.4 is 10.1 Å². The van der Waals surface area contributed by atoms with Crippen LogP contribution in [-0.2, 0) is 17.8 Å². The number of aryl methyl sites for hydroxylation is 1. The van der Waals surface area contributed by atoms with E-state index in [1.807, 2.05) is 43.5 Å². The Morgan fingerprint density at radius 2 is 2.02 bits per heavy atom. The van der Waals surface area contributed by atoms with E-state index in [2.05, 4.69) is 46.0 Å². The van der Waals surface area contributed by atoms with Crippen LogP contribution in [0.5, 0.6) is 5.88 Å². The fourth-order valence-corrected chi connectivity index (χ4v) is 5.74. The summed E-state index contributed by atoms with van der Waals surface area (Å²) in [6.45, 7) is 9.17. The second kappa shape index (κ2) is 12.4. The highest BCUT2D eigenvalue weighted by Gasteiger charge is 2.26. The maximum Gasteiger partial charge on any atom is 0.213 e. The number of nitrogens with zero attached hydrogens (tertiary/aromatic N) is 4. The molecule has 6 rings (SSSR count). The van der Waals surface area contributed by atoms with Crippen molar-refractivity contribution in [2.45, 2.75) is 64.6 Å². The Kier molecular flexibility index (Phi) is 8.30. The number of piperidine rings is 1. The molecule has 41 heavy (non-hydrogen) atoms. The number of aromatic nitrogens is 3. The highest BCUT2D eigenvalue weighted by molar-refractivity contribution is 5.93. The predicted molar refractivity (Wildman–Crippen MR) is 162 cm³/mol. The molecule has 0 radical (unpaired) electrons. The van der Waals surface area contributed by atoms with Crippen LogP contribution in [0, 0.1) is 12.3 Å². The van der Waals surface area contributed by atoms with Gasteiger partial charge in [0.1, 0.15) is 12.4 Å². The molecule has 8 nitrogen and oxygen atoms in total. The summed E-state index contributed by atoms with van der Waals surface area (Å²) in [7, 11) is 0. The summed E-state index contributed by atoms with van der Waals surface area (Å²) in [5.41, 5.74) is 7.16. The van der Waals surface area contributed by atoms with Crippen molar-refractivity contribution < 1.29 is 9.47 Å². The number of allylic oxidation sites excluding steroid dienone is 3. The van der Waals surface area contributed by atoms with Gasteiger partial charge >= 0.3 is 0 Å². The number of ether oxygens (including phenoxy) is 2. The molecule has 3 aliphatic heterocycles. The molecule has 0 saturated carbocycles. The zero-order chi connectivity index (χ0) is 28.2. The Balaban J connectivity index is 1.08. The van der Waals surface area contributed by atoms with Gasteiger partial charge in [0, 0.05) is 47.5 Å². The molecule has 2 N–H and O–H groups in total. The summed E-state index contributed by atoms with van der Waals surface area (Å²) in [6, 6.07) is 12.7. The van der Waals surface area contributed by atoms with Crippen molar-refractivity contribution >= 4 is 16.7 Å². The van der Waals surface area contributed by atoms with Crippen LogP contribution in [0.3, 0.4) is 0 Å². The number of likely N-dealkylation sites (tertiary alicyclic amines) is 1. The molecule has 1 aromatic carbocycles. The summed E-state index contributed by atoms with van der Waals surface area (Å²) in [5, 5.41) is 11.3. The quantitative estimate of drug-likeness (QED) is 0.316. The lowest BCUT2D eigenvalue weighted by Gasteiger charge is -2.32. The fourth-order valence-electron chi connectivity index (χ4n) is 5.74. The van der Waals surface area contributed by atoms with E-state index in [-0.39, 0.29) is 0 Å². The first-order valence-electron chi connectivity index (χ1n) is 14.9. The fraction of sp³-hybridized carbons (Fsp3) is 0.424. The molecule has 0 aliphatic carbocycles. The van der Waals surface area contributed by atoms with E-state index in [0.29, 0.717) is 36.6 Å². The van der Waals surface area contributed by atoms with E-state index < -0.39 is 0 Å². The molecular weight excluding hydrogens is 512 g/mol. The topological polar surface area (TPSA) is 88.3 Å². The third-order valence-electron chi connectivity index (χ3n) is 8.33. The molecule has 0 bridgehead atoms. The van der Waals surface area contributed by atoms with Gasteiger partial charge in [-0.25, -0.2) is 9.97 Å². The van der Waals surface area contributed by atoms with Gasteiger partial charge in [0.25, 0.3) is 0 Å². The average Bonchev–Trinajstić information content (AvgIpc) is 3.30. The number of rotatable bonds is 10. The highest BCUT2D eigenvalue weighted by Crippen LogP contribution is 2.30. The first kappa shape index (κ1) is 27.4. The van der Waals surface area contributed by atoms with Crippen molar-refractivity contribution in [2.24, 2.45) is 0 Å². The number of dihydropyridines is 1. The van der Waals surface area contributed by atoms with E-state index >= 15 is 0 Å². The van der Waals surface area contributed by atoms with Crippen molar-refractivity contribution in [1.82, 2.24) is 24.8 Å². The number of benzene rings is 1. The number of fused-ring (bicyclic) bond motifs is 1. The number of hydrogen-bond donors (Lipinski definition) is 2. The number of hydrogen-bond acceptors (Lipinski definition) is 7. The monoisotopic (exact) mass is 552 g/mol. The largest absolute Gasteiger partial charge is 0.473 e. The van der Waals surface area contributed by atoms with Crippen molar-refractivity contribution in [1.29, 1.82) is 5.41 Å². The SMILES string of the molecule is CCC(=N)/C=C1\NC=CC=C1COc1cccc(C2CCN(Cc3nc4ccc(C)cc4n3CC3CCO3)CC2)n1. The molecule has 1 atom stereocenters. The smallest absolute Gasteiger partial charge is 0.213 e. The van der Waals surface area contributed by atoms with Gasteiger partial charge in [0.05, 0.1) is 30.2 Å². The van der Waals surface area contributed by atoms with Crippen LogP contribution in [0.15, 0.2) is 72.1 Å². The molecule has 0 spiro atoms. The van der Waals surface area contributed by atoms with Crippen LogP contribution in [0.2, 0.25) is 0 Å². The minimum atomic E-state index is 0.299. The average molecular weight is 553 g/mol. The van der Waals surface area contributed by atoms with Crippen LogP contribution in [0.25, 0.3) is 11.0 Å². The molecule has 2 saturated heterocycles. The lowest BCUT2D eigenvalue weighted by Crippen LogP contribution is -2.35. The van der Waals surface area contributed by atoms with Crippen molar-refractivity contribution in [3.63, 3.8) is 0 Å². The molecule has 3 aromatic rings. The molecule has 2 fully saturated rings. The zero-order valence-electron chi connectivity index (χ0n) is 24.1. The summed E-state index contributed by atoms with van der Waals surface area (Å²) >= 11 is 0.